The molecule has 0 aromatic carbocycles. The Morgan fingerprint density at radius 2 is 1.94 bits per heavy atom. The Hall–Kier alpha value is -1.91. The second-order valence-electron chi connectivity index (χ2n) is 3.95. The summed E-state index contributed by atoms with van der Waals surface area (Å²) >= 11 is 0. The SMILES string of the molecule is CCCCN(CC)C(=O)c1cccc(C(=O)O)n1. The molecule has 0 fully saturated rings. The van der Waals surface area contributed by atoms with E-state index < -0.39 is 5.97 Å². The number of amides is 1. The summed E-state index contributed by atoms with van der Waals surface area (Å²) in [6, 6.07) is 4.46. The average Bonchev–Trinajstić information content (AvgIpc) is 2.39. The minimum absolute atomic E-state index is 0.104. The van der Waals surface area contributed by atoms with Crippen molar-refractivity contribution in [3.63, 3.8) is 0 Å². The van der Waals surface area contributed by atoms with Crippen LogP contribution in [0, 0.1) is 0 Å². The van der Waals surface area contributed by atoms with Crippen molar-refractivity contribution < 1.29 is 14.7 Å². The van der Waals surface area contributed by atoms with Crippen LogP contribution in [-0.4, -0.2) is 40.0 Å². The van der Waals surface area contributed by atoms with E-state index >= 15 is 0 Å². The minimum Gasteiger partial charge on any atom is -0.477 e. The summed E-state index contributed by atoms with van der Waals surface area (Å²) in [5.74, 6) is -1.34. The van der Waals surface area contributed by atoms with Gasteiger partial charge in [0.05, 0.1) is 0 Å². The number of hydrogen-bond acceptors (Lipinski definition) is 3. The van der Waals surface area contributed by atoms with Gasteiger partial charge in [-0.05, 0) is 25.5 Å². The van der Waals surface area contributed by atoms with E-state index in [1.807, 2.05) is 6.92 Å². The zero-order valence-electron chi connectivity index (χ0n) is 10.7. The first-order valence-electron chi connectivity index (χ1n) is 6.09. The van der Waals surface area contributed by atoms with Crippen LogP contribution in [0.3, 0.4) is 0 Å². The molecule has 1 amide bonds. The molecule has 0 saturated heterocycles. The average molecular weight is 250 g/mol. The molecule has 1 N–H and O–H groups in total. The topological polar surface area (TPSA) is 70.5 Å². The molecule has 1 rings (SSSR count). The number of carboxylic acid groups (broad SMARTS) is 1. The highest BCUT2D eigenvalue weighted by atomic mass is 16.4. The van der Waals surface area contributed by atoms with Gasteiger partial charge in [0.15, 0.2) is 0 Å². The van der Waals surface area contributed by atoms with Gasteiger partial charge in [0.2, 0.25) is 0 Å². The molecule has 0 aliphatic rings. The van der Waals surface area contributed by atoms with Crippen LogP contribution in [-0.2, 0) is 0 Å². The molecule has 1 aromatic heterocycles. The van der Waals surface area contributed by atoms with E-state index in [2.05, 4.69) is 11.9 Å². The van der Waals surface area contributed by atoms with Gasteiger partial charge in [-0.25, -0.2) is 9.78 Å². The third kappa shape index (κ3) is 3.55. The summed E-state index contributed by atoms with van der Waals surface area (Å²) in [4.78, 5) is 28.5. The Bertz CT molecular complexity index is 432. The van der Waals surface area contributed by atoms with E-state index in [4.69, 9.17) is 5.11 Å². The highest BCUT2D eigenvalue weighted by molar-refractivity contribution is 5.94. The molecule has 0 spiro atoms. The Kier molecular flexibility index (Phi) is 5.30. The van der Waals surface area contributed by atoms with Crippen molar-refractivity contribution in [1.29, 1.82) is 0 Å². The second-order valence-corrected chi connectivity index (χ2v) is 3.95. The number of carbonyl (C=O) groups excluding carboxylic acids is 1. The summed E-state index contributed by atoms with van der Waals surface area (Å²) in [6.45, 7) is 5.22. The van der Waals surface area contributed by atoms with Crippen LogP contribution < -0.4 is 0 Å². The van der Waals surface area contributed by atoms with Gasteiger partial charge in [-0.3, -0.25) is 4.79 Å². The summed E-state index contributed by atoms with van der Waals surface area (Å²) in [6.07, 6.45) is 1.94. The fourth-order valence-corrected chi connectivity index (χ4v) is 1.59. The van der Waals surface area contributed by atoms with Gasteiger partial charge in [0.1, 0.15) is 11.4 Å². The monoisotopic (exact) mass is 250 g/mol. The van der Waals surface area contributed by atoms with Gasteiger partial charge in [-0.1, -0.05) is 19.4 Å². The van der Waals surface area contributed by atoms with Gasteiger partial charge in [0, 0.05) is 13.1 Å². The molecule has 5 heteroatoms. The van der Waals surface area contributed by atoms with Crippen LogP contribution in [0.25, 0.3) is 0 Å². The largest absolute Gasteiger partial charge is 0.477 e. The van der Waals surface area contributed by atoms with Crippen molar-refractivity contribution in [2.75, 3.05) is 13.1 Å². The van der Waals surface area contributed by atoms with Crippen LogP contribution >= 0.6 is 0 Å². The quantitative estimate of drug-likeness (QED) is 0.838. The number of unbranched alkanes of at least 4 members (excludes halogenated alkanes) is 1. The van der Waals surface area contributed by atoms with Gasteiger partial charge < -0.3 is 10.0 Å². The number of carboxylic acids is 1. The lowest BCUT2D eigenvalue weighted by Crippen LogP contribution is -2.32. The highest BCUT2D eigenvalue weighted by Gasteiger charge is 2.16. The Balaban J connectivity index is 2.87. The maximum absolute atomic E-state index is 12.1. The molecule has 0 saturated carbocycles. The van der Waals surface area contributed by atoms with Crippen LogP contribution in [0.2, 0.25) is 0 Å². The fraction of sp³-hybridized carbons (Fsp3) is 0.462. The van der Waals surface area contributed by atoms with Gasteiger partial charge in [-0.15, -0.1) is 0 Å². The molecule has 98 valence electrons. The normalized spacial score (nSPS) is 10.1. The molecule has 5 nitrogen and oxygen atoms in total. The molecule has 0 unspecified atom stereocenters. The molecular weight excluding hydrogens is 232 g/mol. The van der Waals surface area contributed by atoms with Crippen molar-refractivity contribution in [2.45, 2.75) is 26.7 Å². The smallest absolute Gasteiger partial charge is 0.354 e. The predicted octanol–water partition coefficient (Wildman–Crippen LogP) is 2.04. The van der Waals surface area contributed by atoms with Crippen LogP contribution in [0.4, 0.5) is 0 Å². The predicted molar refractivity (Wildman–Crippen MR) is 67.7 cm³/mol. The molecule has 1 aromatic rings. The zero-order chi connectivity index (χ0) is 13.5. The van der Waals surface area contributed by atoms with E-state index in [0.29, 0.717) is 13.1 Å². The Morgan fingerprint density at radius 3 is 2.50 bits per heavy atom. The first kappa shape index (κ1) is 14.2. The maximum atomic E-state index is 12.1. The van der Waals surface area contributed by atoms with Crippen molar-refractivity contribution in [3.05, 3.63) is 29.6 Å². The third-order valence-electron chi connectivity index (χ3n) is 2.64. The van der Waals surface area contributed by atoms with Crippen molar-refractivity contribution in [3.8, 4) is 0 Å². The second kappa shape index (κ2) is 6.74. The number of aromatic nitrogens is 1. The van der Waals surface area contributed by atoms with Gasteiger partial charge in [0.25, 0.3) is 5.91 Å². The first-order valence-corrected chi connectivity index (χ1v) is 6.09. The first-order chi connectivity index (χ1) is 8.60. The van der Waals surface area contributed by atoms with Crippen LogP contribution in [0.15, 0.2) is 18.2 Å². The standard InChI is InChI=1S/C13H18N2O3/c1-3-5-9-15(4-2)12(16)10-7-6-8-11(14-10)13(17)18/h6-8H,3-5,9H2,1-2H3,(H,17,18). The van der Waals surface area contributed by atoms with E-state index in [-0.39, 0.29) is 17.3 Å². The zero-order valence-corrected chi connectivity index (χ0v) is 10.7. The fourth-order valence-electron chi connectivity index (χ4n) is 1.59. The number of carbonyl (C=O) groups is 2. The summed E-state index contributed by atoms with van der Waals surface area (Å²) < 4.78 is 0. The highest BCUT2D eigenvalue weighted by Crippen LogP contribution is 2.05. The molecule has 18 heavy (non-hydrogen) atoms. The van der Waals surface area contributed by atoms with Crippen LogP contribution in [0.5, 0.6) is 0 Å². The Labute approximate surface area is 106 Å². The lowest BCUT2D eigenvalue weighted by molar-refractivity contribution is 0.0690. The number of pyridine rings is 1. The summed E-state index contributed by atoms with van der Waals surface area (Å²) in [5, 5.41) is 8.84. The molecule has 0 atom stereocenters. The number of aromatic carboxylic acids is 1. The number of hydrogen-bond donors (Lipinski definition) is 1. The summed E-state index contributed by atoms with van der Waals surface area (Å²) in [7, 11) is 0. The summed E-state index contributed by atoms with van der Waals surface area (Å²) in [5.41, 5.74) is 0.0836. The van der Waals surface area contributed by atoms with Crippen LogP contribution in [0.1, 0.15) is 47.7 Å². The molecule has 0 aliphatic heterocycles. The molecule has 0 aliphatic carbocycles. The van der Waals surface area contributed by atoms with Crippen molar-refractivity contribution >= 4 is 11.9 Å². The van der Waals surface area contributed by atoms with Gasteiger partial charge >= 0.3 is 5.97 Å². The minimum atomic E-state index is -1.12. The van der Waals surface area contributed by atoms with E-state index in [9.17, 15) is 9.59 Å². The lowest BCUT2D eigenvalue weighted by atomic mass is 10.2. The number of nitrogens with zero attached hydrogens (tertiary/aromatic N) is 2. The molecule has 0 radical (unpaired) electrons. The Morgan fingerprint density at radius 1 is 1.28 bits per heavy atom. The van der Waals surface area contributed by atoms with E-state index in [1.54, 1.807) is 11.0 Å². The third-order valence-corrected chi connectivity index (χ3v) is 2.64. The molecule has 0 bridgehead atoms. The molecular formula is C13H18N2O3. The maximum Gasteiger partial charge on any atom is 0.354 e. The molecule has 1 heterocycles. The van der Waals surface area contributed by atoms with E-state index in [0.717, 1.165) is 12.8 Å². The van der Waals surface area contributed by atoms with E-state index in [1.165, 1.54) is 12.1 Å². The lowest BCUT2D eigenvalue weighted by Gasteiger charge is -2.20. The number of rotatable bonds is 6. The van der Waals surface area contributed by atoms with Crippen molar-refractivity contribution in [1.82, 2.24) is 9.88 Å². The van der Waals surface area contributed by atoms with Gasteiger partial charge in [-0.2, -0.15) is 0 Å². The van der Waals surface area contributed by atoms with Crippen molar-refractivity contribution in [2.24, 2.45) is 0 Å².